The number of rotatable bonds is 8. The number of nitrogens with zero attached hydrogens (tertiary/aromatic N) is 4. The van der Waals surface area contributed by atoms with Crippen molar-refractivity contribution in [2.24, 2.45) is 0 Å². The number of carbonyl (C=O) groups is 1. The molecule has 1 aromatic carbocycles. The van der Waals surface area contributed by atoms with Gasteiger partial charge in [-0.2, -0.15) is 0 Å². The molecule has 1 aliphatic rings. The molecule has 1 radical (unpaired) electrons. The van der Waals surface area contributed by atoms with E-state index in [4.69, 9.17) is 19.4 Å². The molecular weight excluding hydrogens is 475 g/mol. The summed E-state index contributed by atoms with van der Waals surface area (Å²) < 4.78 is 11.6. The first-order valence-corrected chi connectivity index (χ1v) is 12.5. The van der Waals surface area contributed by atoms with E-state index >= 15 is 0 Å². The number of hydrogen-bond acceptors (Lipinski definition) is 8. The van der Waals surface area contributed by atoms with Gasteiger partial charge in [0.15, 0.2) is 0 Å². The van der Waals surface area contributed by atoms with Crippen molar-refractivity contribution in [1.82, 2.24) is 15.0 Å². The van der Waals surface area contributed by atoms with Crippen molar-refractivity contribution in [3.63, 3.8) is 0 Å². The Hall–Kier alpha value is -2.58. The Morgan fingerprint density at radius 2 is 1.91 bits per heavy atom. The fraction of sp³-hybridized carbons (Fsp3) is 0.364. The summed E-state index contributed by atoms with van der Waals surface area (Å²) in [6, 6.07) is 9.01. The van der Waals surface area contributed by atoms with Gasteiger partial charge in [-0.15, -0.1) is 0 Å². The van der Waals surface area contributed by atoms with Crippen LogP contribution in [0.1, 0.15) is 16.1 Å². The van der Waals surface area contributed by atoms with Gasteiger partial charge in [-0.3, -0.25) is 0 Å². The molecule has 3 heterocycles. The minimum absolute atomic E-state index is 0.0174. The molecule has 2 N–H and O–H groups in total. The van der Waals surface area contributed by atoms with E-state index < -0.39 is 5.97 Å². The predicted octanol–water partition coefficient (Wildman–Crippen LogP) is 1.11. The number of carboxylic acid groups (broad SMARTS) is 1. The van der Waals surface area contributed by atoms with Crippen LogP contribution < -0.4 is 9.25 Å². The Balaban J connectivity index is 1.93. The molecule has 4 rings (SSSR count). The Kier molecular flexibility index (Phi) is 7.32. The van der Waals surface area contributed by atoms with Gasteiger partial charge in [-0.1, -0.05) is 0 Å². The average molecular weight is 499 g/mol. The number of methoxy groups -OCH3 is 1. The summed E-state index contributed by atoms with van der Waals surface area (Å²) in [6.45, 7) is 3.11. The molecule has 0 unspecified atom stereocenters. The van der Waals surface area contributed by atoms with Crippen LogP contribution in [0.5, 0.6) is 0 Å². The first kappa shape index (κ1) is 22.6. The van der Waals surface area contributed by atoms with Crippen LogP contribution in [-0.4, -0.2) is 86.9 Å². The van der Waals surface area contributed by atoms with E-state index in [1.807, 2.05) is 24.3 Å². The number of fused-ring (bicyclic) bond motifs is 1. The van der Waals surface area contributed by atoms with Crippen LogP contribution in [0.4, 0.5) is 5.95 Å². The summed E-state index contributed by atoms with van der Waals surface area (Å²) in [5, 5.41) is 19.9. The SMILES string of the molecule is COCC[As]c1cc(C(=O)O)nc2c(-c3ccc(CO)cc3)nc(N3CCOCC3)nc12. The van der Waals surface area contributed by atoms with E-state index in [1.165, 1.54) is 0 Å². The number of anilines is 1. The molecule has 0 aliphatic carbocycles. The molecule has 9 nitrogen and oxygen atoms in total. The van der Waals surface area contributed by atoms with Crippen molar-refractivity contribution in [1.29, 1.82) is 0 Å². The minimum atomic E-state index is -1.08. The zero-order valence-corrected chi connectivity index (χ0v) is 19.6. The molecule has 0 amide bonds. The second-order valence-electron chi connectivity index (χ2n) is 7.23. The molecule has 0 atom stereocenters. The summed E-state index contributed by atoms with van der Waals surface area (Å²) in [7, 11) is 1.65. The van der Waals surface area contributed by atoms with Crippen LogP contribution in [0.15, 0.2) is 30.3 Å². The second-order valence-corrected chi connectivity index (χ2v) is 9.84. The third kappa shape index (κ3) is 4.91. The number of morpholine rings is 1. The van der Waals surface area contributed by atoms with Gasteiger partial charge in [0.25, 0.3) is 0 Å². The van der Waals surface area contributed by atoms with Crippen molar-refractivity contribution in [3.05, 3.63) is 41.6 Å². The third-order valence-electron chi connectivity index (χ3n) is 5.12. The second kappa shape index (κ2) is 10.4. The molecule has 0 spiro atoms. The van der Waals surface area contributed by atoms with Crippen LogP contribution >= 0.6 is 0 Å². The number of benzene rings is 1. The fourth-order valence-corrected chi connectivity index (χ4v) is 5.61. The summed E-state index contributed by atoms with van der Waals surface area (Å²) >= 11 is -0.372. The molecule has 2 aromatic heterocycles. The Morgan fingerprint density at radius 1 is 1.16 bits per heavy atom. The molecule has 0 bridgehead atoms. The summed E-state index contributed by atoms with van der Waals surface area (Å²) in [4.78, 5) is 28.0. The molecule has 1 fully saturated rings. The molecule has 1 aliphatic heterocycles. The van der Waals surface area contributed by atoms with Gasteiger partial charge in [-0.25, -0.2) is 0 Å². The average Bonchev–Trinajstić information content (AvgIpc) is 2.84. The van der Waals surface area contributed by atoms with Crippen molar-refractivity contribution in [3.8, 4) is 11.3 Å². The maximum atomic E-state index is 11.8. The molecule has 3 aromatic rings. The van der Waals surface area contributed by atoms with Crippen LogP contribution in [0, 0.1) is 0 Å². The van der Waals surface area contributed by atoms with Crippen LogP contribution in [-0.2, 0) is 16.1 Å². The van der Waals surface area contributed by atoms with Crippen molar-refractivity contribution < 1.29 is 24.5 Å². The summed E-state index contributed by atoms with van der Waals surface area (Å²) in [5.74, 6) is -0.499. The third-order valence-corrected chi connectivity index (χ3v) is 7.40. The van der Waals surface area contributed by atoms with Gasteiger partial charge in [0.1, 0.15) is 0 Å². The Labute approximate surface area is 192 Å². The molecular formula is C22H24AsN4O5. The van der Waals surface area contributed by atoms with E-state index in [-0.39, 0.29) is 28.1 Å². The number of pyridine rings is 1. The first-order valence-electron chi connectivity index (χ1n) is 10.3. The van der Waals surface area contributed by atoms with E-state index in [0.29, 0.717) is 55.6 Å². The Morgan fingerprint density at radius 3 is 2.56 bits per heavy atom. The summed E-state index contributed by atoms with van der Waals surface area (Å²) in [5.41, 5.74) is 3.29. The predicted molar refractivity (Wildman–Crippen MR) is 121 cm³/mol. The van der Waals surface area contributed by atoms with E-state index in [9.17, 15) is 15.0 Å². The van der Waals surface area contributed by atoms with E-state index in [1.54, 1.807) is 13.2 Å². The quantitative estimate of drug-likeness (QED) is 0.347. The number of ether oxygens (including phenoxy) is 2. The number of aliphatic hydroxyl groups is 1. The fourth-order valence-electron chi connectivity index (χ4n) is 3.44. The maximum absolute atomic E-state index is 11.8. The number of hydrogen-bond donors (Lipinski definition) is 2. The normalized spacial score (nSPS) is 14.5. The van der Waals surface area contributed by atoms with Gasteiger partial charge in [0.05, 0.1) is 0 Å². The zero-order valence-electron chi connectivity index (χ0n) is 17.7. The zero-order chi connectivity index (χ0) is 22.5. The van der Waals surface area contributed by atoms with Crippen LogP contribution in [0.2, 0.25) is 5.21 Å². The first-order chi connectivity index (χ1) is 15.6. The molecule has 0 saturated carbocycles. The van der Waals surface area contributed by atoms with Gasteiger partial charge in [0, 0.05) is 0 Å². The van der Waals surface area contributed by atoms with E-state index in [2.05, 4.69) is 9.88 Å². The van der Waals surface area contributed by atoms with Gasteiger partial charge >= 0.3 is 192 Å². The number of aromatic nitrogens is 3. The number of aliphatic hydroxyl groups excluding tert-OH is 1. The topological polar surface area (TPSA) is 118 Å². The Bertz CT molecular complexity index is 1100. The van der Waals surface area contributed by atoms with Crippen molar-refractivity contribution >= 4 is 43.1 Å². The van der Waals surface area contributed by atoms with Crippen LogP contribution in [0.3, 0.4) is 0 Å². The van der Waals surface area contributed by atoms with Crippen molar-refractivity contribution in [2.75, 3.05) is 44.9 Å². The summed E-state index contributed by atoms with van der Waals surface area (Å²) in [6.07, 6.45) is 0. The molecule has 32 heavy (non-hydrogen) atoms. The monoisotopic (exact) mass is 499 g/mol. The van der Waals surface area contributed by atoms with Gasteiger partial charge in [0.2, 0.25) is 0 Å². The van der Waals surface area contributed by atoms with Gasteiger partial charge in [-0.05, 0) is 0 Å². The molecule has 10 heteroatoms. The number of aromatic carboxylic acids is 1. The van der Waals surface area contributed by atoms with Crippen molar-refractivity contribution in [2.45, 2.75) is 11.8 Å². The van der Waals surface area contributed by atoms with Crippen LogP contribution in [0.25, 0.3) is 22.3 Å². The standard InChI is InChI=1S/C22H24AsN4O5/c1-31-9-6-23-16-12-17(21(29)30)24-20-18(15-4-2-14(13-28)3-5-15)25-22(26-19(16)20)27-7-10-32-11-8-27/h2-5,12,28H,6-11,13H2,1H3,(H,29,30). The van der Waals surface area contributed by atoms with Gasteiger partial charge < -0.3 is 0 Å². The molecule has 167 valence electrons. The molecule has 1 saturated heterocycles. The van der Waals surface area contributed by atoms with E-state index in [0.717, 1.165) is 20.7 Å². The number of carboxylic acids is 1.